The van der Waals surface area contributed by atoms with Crippen molar-refractivity contribution in [2.75, 3.05) is 0 Å². The van der Waals surface area contributed by atoms with E-state index in [-0.39, 0.29) is 0 Å². The minimum absolute atomic E-state index is 0.330. The average molecular weight is 323 g/mol. The predicted octanol–water partition coefficient (Wildman–Crippen LogP) is 7.78. The molecule has 0 aromatic heterocycles. The lowest BCUT2D eigenvalue weighted by molar-refractivity contribution is -0.114. The number of carbonyl (C=O) groups excluding carboxylic acids is 1. The first kappa shape index (κ1) is 22.4. The third-order valence-corrected chi connectivity index (χ3v) is 4.55. The second-order valence-electron chi connectivity index (χ2n) is 7.00. The molecular formula is C22H42O. The van der Waals surface area contributed by atoms with Crippen LogP contribution >= 0.6 is 0 Å². The normalized spacial score (nSPS) is 11.4. The smallest absolute Gasteiger partial charge is 0.155 e. The molecule has 0 rings (SSSR count). The highest BCUT2D eigenvalue weighted by Gasteiger charge is 1.97. The number of unbranched alkanes of at least 4 members (excludes halogenated alkanes) is 14. The highest BCUT2D eigenvalue weighted by Crippen LogP contribution is 2.12. The molecule has 0 aromatic rings. The van der Waals surface area contributed by atoms with Crippen molar-refractivity contribution < 1.29 is 4.79 Å². The Morgan fingerprint density at radius 3 is 1.57 bits per heavy atom. The summed E-state index contributed by atoms with van der Waals surface area (Å²) < 4.78 is 0. The van der Waals surface area contributed by atoms with Gasteiger partial charge in [0.05, 0.1) is 0 Å². The molecule has 0 spiro atoms. The largest absolute Gasteiger partial charge is 0.295 e. The fourth-order valence-electron chi connectivity index (χ4n) is 2.95. The molecule has 0 heterocycles. The first-order valence-corrected chi connectivity index (χ1v) is 10.5. The van der Waals surface area contributed by atoms with Gasteiger partial charge in [0, 0.05) is 6.42 Å². The van der Waals surface area contributed by atoms with E-state index in [1.165, 1.54) is 89.9 Å². The molecule has 1 heteroatoms. The van der Waals surface area contributed by atoms with Crippen molar-refractivity contribution >= 4 is 5.78 Å². The van der Waals surface area contributed by atoms with E-state index in [0.29, 0.717) is 5.78 Å². The lowest BCUT2D eigenvalue weighted by Crippen LogP contribution is -1.92. The second-order valence-corrected chi connectivity index (χ2v) is 7.00. The molecule has 0 atom stereocenters. The molecule has 0 saturated carbocycles. The van der Waals surface area contributed by atoms with Crippen LogP contribution in [0.25, 0.3) is 0 Å². The Labute approximate surface area is 146 Å². The summed E-state index contributed by atoms with van der Waals surface area (Å²) >= 11 is 0. The van der Waals surface area contributed by atoms with Crippen molar-refractivity contribution in [3.05, 3.63) is 12.2 Å². The van der Waals surface area contributed by atoms with Crippen LogP contribution in [-0.4, -0.2) is 5.78 Å². The minimum Gasteiger partial charge on any atom is -0.295 e. The molecule has 136 valence electrons. The van der Waals surface area contributed by atoms with E-state index in [2.05, 4.69) is 19.9 Å². The van der Waals surface area contributed by atoms with Crippen molar-refractivity contribution in [1.82, 2.24) is 0 Å². The molecule has 0 aliphatic rings. The molecule has 0 saturated heterocycles. The van der Waals surface area contributed by atoms with Gasteiger partial charge < -0.3 is 0 Å². The van der Waals surface area contributed by atoms with E-state index in [1.807, 2.05) is 6.08 Å². The van der Waals surface area contributed by atoms with Gasteiger partial charge in [-0.25, -0.2) is 0 Å². The minimum atomic E-state index is 0.330. The fraction of sp³-hybridized carbons (Fsp3) is 0.864. The van der Waals surface area contributed by atoms with Gasteiger partial charge in [0.2, 0.25) is 0 Å². The maximum absolute atomic E-state index is 11.7. The lowest BCUT2D eigenvalue weighted by Gasteiger charge is -2.02. The quantitative estimate of drug-likeness (QED) is 0.186. The summed E-state index contributed by atoms with van der Waals surface area (Å²) in [5, 5.41) is 0. The number of allylic oxidation sites excluding steroid dienone is 2. The van der Waals surface area contributed by atoms with Crippen LogP contribution in [0.3, 0.4) is 0 Å². The van der Waals surface area contributed by atoms with Gasteiger partial charge in [0.25, 0.3) is 0 Å². The number of ketones is 1. The second kappa shape index (κ2) is 19.5. The highest BCUT2D eigenvalue weighted by atomic mass is 16.1. The Morgan fingerprint density at radius 1 is 0.609 bits per heavy atom. The Morgan fingerprint density at radius 2 is 1.04 bits per heavy atom. The maximum atomic E-state index is 11.7. The van der Waals surface area contributed by atoms with E-state index in [1.54, 1.807) is 0 Å². The molecule has 23 heavy (non-hydrogen) atoms. The van der Waals surface area contributed by atoms with Gasteiger partial charge in [-0.3, -0.25) is 4.79 Å². The van der Waals surface area contributed by atoms with Crippen LogP contribution in [-0.2, 0) is 4.79 Å². The van der Waals surface area contributed by atoms with Gasteiger partial charge in [-0.05, 0) is 25.3 Å². The Kier molecular flexibility index (Phi) is 19.0. The standard InChI is InChI=1S/C22H42O/c1-3-5-7-9-11-12-13-14-15-17-19-21-22(23)20-18-16-10-8-6-4-2/h18,20H,3-17,19,21H2,1-2H3. The summed E-state index contributed by atoms with van der Waals surface area (Å²) in [7, 11) is 0. The maximum Gasteiger partial charge on any atom is 0.155 e. The summed E-state index contributed by atoms with van der Waals surface area (Å²) in [5.74, 6) is 0.330. The Bertz CT molecular complexity index is 267. The highest BCUT2D eigenvalue weighted by molar-refractivity contribution is 5.89. The first-order chi connectivity index (χ1) is 11.3. The SMILES string of the molecule is CCCCCCC=CC(=O)CCCCCCCCCCCCC. The number of rotatable bonds is 18. The molecule has 0 N–H and O–H groups in total. The molecule has 0 aliphatic carbocycles. The molecule has 0 fully saturated rings. The number of carbonyl (C=O) groups is 1. The fourth-order valence-corrected chi connectivity index (χ4v) is 2.95. The van der Waals surface area contributed by atoms with Crippen molar-refractivity contribution in [2.24, 2.45) is 0 Å². The summed E-state index contributed by atoms with van der Waals surface area (Å²) in [5.41, 5.74) is 0. The summed E-state index contributed by atoms with van der Waals surface area (Å²) in [6, 6.07) is 0. The predicted molar refractivity (Wildman–Crippen MR) is 104 cm³/mol. The summed E-state index contributed by atoms with van der Waals surface area (Å²) in [4.78, 5) is 11.7. The molecule has 0 aliphatic heterocycles. The zero-order valence-corrected chi connectivity index (χ0v) is 16.1. The molecule has 0 bridgehead atoms. The van der Waals surface area contributed by atoms with E-state index in [9.17, 15) is 4.79 Å². The lowest BCUT2D eigenvalue weighted by atomic mass is 10.0. The van der Waals surface area contributed by atoms with Gasteiger partial charge in [-0.2, -0.15) is 0 Å². The van der Waals surface area contributed by atoms with Gasteiger partial charge in [0.1, 0.15) is 0 Å². The molecule has 1 nitrogen and oxygen atoms in total. The molecule has 0 unspecified atom stereocenters. The van der Waals surface area contributed by atoms with E-state index >= 15 is 0 Å². The monoisotopic (exact) mass is 322 g/mol. The van der Waals surface area contributed by atoms with Crippen LogP contribution in [0.5, 0.6) is 0 Å². The molecule has 0 radical (unpaired) electrons. The van der Waals surface area contributed by atoms with Crippen molar-refractivity contribution in [3.8, 4) is 0 Å². The number of hydrogen-bond acceptors (Lipinski definition) is 1. The van der Waals surface area contributed by atoms with Crippen molar-refractivity contribution in [1.29, 1.82) is 0 Å². The van der Waals surface area contributed by atoms with Gasteiger partial charge in [-0.1, -0.05) is 103 Å². The van der Waals surface area contributed by atoms with E-state index in [0.717, 1.165) is 19.3 Å². The van der Waals surface area contributed by atoms with Crippen molar-refractivity contribution in [3.63, 3.8) is 0 Å². The first-order valence-electron chi connectivity index (χ1n) is 10.5. The van der Waals surface area contributed by atoms with Crippen LogP contribution in [0.4, 0.5) is 0 Å². The molecular weight excluding hydrogens is 280 g/mol. The van der Waals surface area contributed by atoms with Crippen LogP contribution in [0.15, 0.2) is 12.2 Å². The van der Waals surface area contributed by atoms with Crippen molar-refractivity contribution in [2.45, 2.75) is 123 Å². The van der Waals surface area contributed by atoms with Crippen LogP contribution in [0, 0.1) is 0 Å². The van der Waals surface area contributed by atoms with Gasteiger partial charge >= 0.3 is 0 Å². The van der Waals surface area contributed by atoms with Gasteiger partial charge in [0.15, 0.2) is 5.78 Å². The third kappa shape index (κ3) is 19.4. The van der Waals surface area contributed by atoms with E-state index in [4.69, 9.17) is 0 Å². The van der Waals surface area contributed by atoms with Gasteiger partial charge in [-0.15, -0.1) is 0 Å². The Hall–Kier alpha value is -0.590. The van der Waals surface area contributed by atoms with Crippen LogP contribution in [0.1, 0.15) is 123 Å². The topological polar surface area (TPSA) is 17.1 Å². The average Bonchev–Trinajstić information content (AvgIpc) is 2.56. The molecule has 0 amide bonds. The summed E-state index contributed by atoms with van der Waals surface area (Å²) in [6.45, 7) is 4.50. The number of hydrogen-bond donors (Lipinski definition) is 0. The Balaban J connectivity index is 3.21. The molecule has 0 aromatic carbocycles. The van der Waals surface area contributed by atoms with E-state index < -0.39 is 0 Å². The van der Waals surface area contributed by atoms with Crippen LogP contribution < -0.4 is 0 Å². The van der Waals surface area contributed by atoms with Crippen LogP contribution in [0.2, 0.25) is 0 Å². The third-order valence-electron chi connectivity index (χ3n) is 4.55. The zero-order valence-electron chi connectivity index (χ0n) is 16.1. The zero-order chi connectivity index (χ0) is 17.0. The summed E-state index contributed by atoms with van der Waals surface area (Å²) in [6.07, 6.45) is 25.6.